The van der Waals surface area contributed by atoms with E-state index in [1.807, 2.05) is 0 Å². The van der Waals surface area contributed by atoms with Crippen LogP contribution in [0.15, 0.2) is 0 Å². The standard InChI is InChI=1S/C13H8F17NO4S/c14-6(15,8(18,19)10(22,23)12(26,27)28)7(16,17)9(20,21)11(24,25)13(29,30)36(34,35)31-3-1-2-4(31)5(32)33/h4H,1-3H2,(H,32,33)/t4-/m0/s1. The first-order valence-corrected chi connectivity index (χ1v) is 9.82. The monoisotopic (exact) mass is 597 g/mol. The predicted molar refractivity (Wildman–Crippen MR) is 77.0 cm³/mol. The van der Waals surface area contributed by atoms with Gasteiger partial charge in [-0.15, -0.1) is 0 Å². The van der Waals surface area contributed by atoms with Gasteiger partial charge in [-0.1, -0.05) is 0 Å². The molecule has 0 unspecified atom stereocenters. The smallest absolute Gasteiger partial charge is 0.460 e. The van der Waals surface area contributed by atoms with Gasteiger partial charge < -0.3 is 5.11 Å². The largest absolute Gasteiger partial charge is 0.480 e. The predicted octanol–water partition coefficient (Wildman–Crippen LogP) is 4.83. The van der Waals surface area contributed by atoms with Crippen molar-refractivity contribution in [3.05, 3.63) is 0 Å². The Morgan fingerprint density at radius 1 is 0.639 bits per heavy atom. The van der Waals surface area contributed by atoms with E-state index in [9.17, 15) is 87.8 Å². The molecule has 0 radical (unpaired) electrons. The highest BCUT2D eigenvalue weighted by Crippen LogP contribution is 2.64. The summed E-state index contributed by atoms with van der Waals surface area (Å²) in [5.74, 6) is -54.5. The molecule has 23 heteroatoms. The van der Waals surface area contributed by atoms with Gasteiger partial charge in [0.25, 0.3) is 10.0 Å². The van der Waals surface area contributed by atoms with Gasteiger partial charge in [0.1, 0.15) is 6.04 Å². The summed E-state index contributed by atoms with van der Waals surface area (Å²) in [6, 6.07) is -2.72. The third-order valence-corrected chi connectivity index (χ3v) is 6.77. The van der Waals surface area contributed by atoms with E-state index >= 15 is 0 Å². The summed E-state index contributed by atoms with van der Waals surface area (Å²) in [5.41, 5.74) is 0. The molecule has 0 amide bonds. The molecule has 1 aliphatic heterocycles. The Hall–Kier alpha value is -1.81. The fourth-order valence-corrected chi connectivity index (χ4v) is 4.38. The Morgan fingerprint density at radius 2 is 0.972 bits per heavy atom. The summed E-state index contributed by atoms with van der Waals surface area (Å²) in [7, 11) is -7.57. The summed E-state index contributed by atoms with van der Waals surface area (Å²) in [5, 5.41) is 0.944. The van der Waals surface area contributed by atoms with Crippen molar-refractivity contribution in [2.24, 2.45) is 0 Å². The topological polar surface area (TPSA) is 74.7 Å². The van der Waals surface area contributed by atoms with Gasteiger partial charge in [0.05, 0.1) is 0 Å². The molecule has 1 atom stereocenters. The van der Waals surface area contributed by atoms with E-state index in [4.69, 9.17) is 5.11 Å². The van der Waals surface area contributed by atoms with Crippen LogP contribution in [0.1, 0.15) is 12.8 Å². The number of carbonyl (C=O) groups is 1. The highest BCUT2D eigenvalue weighted by Gasteiger charge is 2.96. The lowest BCUT2D eigenvalue weighted by Gasteiger charge is -2.43. The summed E-state index contributed by atoms with van der Waals surface area (Å²) < 4.78 is 248. The first kappa shape index (κ1) is 32.2. The van der Waals surface area contributed by atoms with Crippen molar-refractivity contribution in [1.29, 1.82) is 0 Å². The van der Waals surface area contributed by atoms with Crippen LogP contribution in [0.3, 0.4) is 0 Å². The van der Waals surface area contributed by atoms with Gasteiger partial charge in [-0.2, -0.15) is 78.9 Å². The Labute approximate surface area is 186 Å². The number of halogens is 17. The van der Waals surface area contributed by atoms with E-state index in [1.165, 1.54) is 0 Å². The highest BCUT2D eigenvalue weighted by atomic mass is 32.2. The maximum absolute atomic E-state index is 14.1. The first-order valence-electron chi connectivity index (χ1n) is 8.38. The van der Waals surface area contributed by atoms with Crippen LogP contribution in [0.4, 0.5) is 74.6 Å². The number of carboxylic acids is 1. The maximum Gasteiger partial charge on any atom is 0.460 e. The normalized spacial score (nSPS) is 20.6. The van der Waals surface area contributed by atoms with Crippen molar-refractivity contribution >= 4 is 16.0 Å². The fraction of sp³-hybridized carbons (Fsp3) is 0.923. The lowest BCUT2D eigenvalue weighted by molar-refractivity contribution is -0.458. The Balaban J connectivity index is 3.75. The van der Waals surface area contributed by atoms with Crippen LogP contribution in [-0.2, 0) is 14.8 Å². The van der Waals surface area contributed by atoms with Gasteiger partial charge in [-0.05, 0) is 12.8 Å². The van der Waals surface area contributed by atoms with E-state index in [0.29, 0.717) is 0 Å². The molecule has 0 bridgehead atoms. The third-order valence-electron chi connectivity index (χ3n) is 4.81. The third kappa shape index (κ3) is 3.85. The van der Waals surface area contributed by atoms with Gasteiger partial charge >= 0.3 is 52.9 Å². The second-order valence-corrected chi connectivity index (χ2v) is 9.00. The minimum absolute atomic E-state index is 0.749. The number of hydrogen-bond acceptors (Lipinski definition) is 3. The molecule has 5 nitrogen and oxygen atoms in total. The second-order valence-electron chi connectivity index (χ2n) is 7.07. The molecule has 0 aromatic carbocycles. The van der Waals surface area contributed by atoms with Crippen molar-refractivity contribution in [3.8, 4) is 0 Å². The van der Waals surface area contributed by atoms with Crippen LogP contribution in [0.25, 0.3) is 0 Å². The van der Waals surface area contributed by atoms with Crippen molar-refractivity contribution in [3.63, 3.8) is 0 Å². The second kappa shape index (κ2) is 8.35. The van der Waals surface area contributed by atoms with Crippen molar-refractivity contribution in [1.82, 2.24) is 4.31 Å². The molecule has 1 saturated heterocycles. The zero-order chi connectivity index (χ0) is 29.4. The molecule has 0 aromatic heterocycles. The lowest BCUT2D eigenvalue weighted by atomic mass is 9.91. The first-order chi connectivity index (χ1) is 15.4. The van der Waals surface area contributed by atoms with Gasteiger partial charge in [0, 0.05) is 6.54 Å². The number of carboxylic acid groups (broad SMARTS) is 1. The number of aliphatic carboxylic acids is 1. The summed E-state index contributed by atoms with van der Waals surface area (Å²) >= 11 is 0. The zero-order valence-corrected chi connectivity index (χ0v) is 17.0. The van der Waals surface area contributed by atoms with Crippen LogP contribution in [-0.4, -0.2) is 83.4 Å². The number of alkyl halides is 17. The minimum atomic E-state index is -8.93. The molecule has 36 heavy (non-hydrogen) atoms. The molecule has 0 saturated carbocycles. The van der Waals surface area contributed by atoms with Crippen LogP contribution < -0.4 is 0 Å². The SMILES string of the molecule is O=C(O)[C@@H]1CCCN1S(=O)(=O)C(F)(F)C(F)(F)C(F)(F)C(F)(F)C(F)(F)C(F)(F)C(F)(F)C(F)(F)F. The fourth-order valence-electron chi connectivity index (χ4n) is 2.73. The number of nitrogens with zero attached hydrogens (tertiary/aromatic N) is 1. The summed E-state index contributed by atoms with van der Waals surface area (Å²) in [6.45, 7) is -1.47. The van der Waals surface area contributed by atoms with E-state index < -0.39 is 92.7 Å². The van der Waals surface area contributed by atoms with Crippen molar-refractivity contribution in [2.75, 3.05) is 6.54 Å². The zero-order valence-electron chi connectivity index (χ0n) is 16.2. The molecule has 1 heterocycles. The van der Waals surface area contributed by atoms with Crippen LogP contribution in [0.2, 0.25) is 0 Å². The molecular weight excluding hydrogens is 589 g/mol. The minimum Gasteiger partial charge on any atom is -0.480 e. The van der Waals surface area contributed by atoms with E-state index in [-0.39, 0.29) is 0 Å². The van der Waals surface area contributed by atoms with E-state index in [1.54, 1.807) is 0 Å². The lowest BCUT2D eigenvalue weighted by Crippen LogP contribution is -2.75. The molecule has 1 fully saturated rings. The Bertz CT molecular complexity index is 974. The Morgan fingerprint density at radius 3 is 1.31 bits per heavy atom. The van der Waals surface area contributed by atoms with Gasteiger partial charge in [-0.25, -0.2) is 8.42 Å². The molecule has 1 rings (SSSR count). The molecule has 0 aromatic rings. The van der Waals surface area contributed by atoms with E-state index in [2.05, 4.69) is 0 Å². The molecular formula is C13H8F17NO4S. The molecule has 1 N–H and O–H groups in total. The van der Waals surface area contributed by atoms with Crippen LogP contribution in [0.5, 0.6) is 0 Å². The van der Waals surface area contributed by atoms with E-state index in [0.717, 1.165) is 0 Å². The van der Waals surface area contributed by atoms with Crippen LogP contribution >= 0.6 is 0 Å². The quantitative estimate of drug-likeness (QED) is 0.387. The molecule has 1 aliphatic rings. The number of hydrogen-bond donors (Lipinski definition) is 1. The molecule has 214 valence electrons. The molecule has 0 spiro atoms. The number of rotatable bonds is 9. The highest BCUT2D eigenvalue weighted by molar-refractivity contribution is 7.90. The van der Waals surface area contributed by atoms with Crippen LogP contribution in [0, 0.1) is 0 Å². The van der Waals surface area contributed by atoms with Gasteiger partial charge in [0.15, 0.2) is 0 Å². The molecule has 0 aliphatic carbocycles. The maximum atomic E-state index is 14.1. The summed E-state index contributed by atoms with van der Waals surface area (Å²) in [6.07, 6.45) is -9.62. The average molecular weight is 597 g/mol. The van der Waals surface area contributed by atoms with Gasteiger partial charge in [0.2, 0.25) is 0 Å². The Kier molecular flexibility index (Phi) is 7.47. The average Bonchev–Trinajstić information content (AvgIpc) is 3.16. The number of sulfonamides is 1. The van der Waals surface area contributed by atoms with Gasteiger partial charge in [-0.3, -0.25) is 4.79 Å². The van der Waals surface area contributed by atoms with Crippen molar-refractivity contribution in [2.45, 2.75) is 65.8 Å². The summed E-state index contributed by atoms with van der Waals surface area (Å²) in [4.78, 5) is 10.9. The van der Waals surface area contributed by atoms with Crippen molar-refractivity contribution < 1.29 is 93.0 Å².